The minimum Gasteiger partial charge on any atom is -0.369 e. The van der Waals surface area contributed by atoms with E-state index in [2.05, 4.69) is 30.8 Å². The molecule has 1 fully saturated rings. The van der Waals surface area contributed by atoms with Crippen LogP contribution in [0.1, 0.15) is 12.8 Å². The van der Waals surface area contributed by atoms with Crippen LogP contribution in [0, 0.1) is 5.92 Å². The number of nitrogens with two attached hydrogens (primary N) is 1. The Morgan fingerprint density at radius 3 is 3.10 bits per heavy atom. The summed E-state index contributed by atoms with van der Waals surface area (Å²) in [5, 5.41) is 0. The van der Waals surface area contributed by atoms with E-state index < -0.39 is 0 Å². The summed E-state index contributed by atoms with van der Waals surface area (Å²) in [5.41, 5.74) is 8.17. The zero-order chi connectivity index (χ0) is 14.1. The Bertz CT molecular complexity index is 661. The van der Waals surface area contributed by atoms with Crippen molar-refractivity contribution < 1.29 is 4.79 Å². The molecule has 20 heavy (non-hydrogen) atoms. The van der Waals surface area contributed by atoms with Crippen molar-refractivity contribution in [3.63, 3.8) is 0 Å². The van der Waals surface area contributed by atoms with Crippen molar-refractivity contribution in [2.45, 2.75) is 12.8 Å². The van der Waals surface area contributed by atoms with Crippen LogP contribution in [0.4, 0.5) is 5.69 Å². The van der Waals surface area contributed by atoms with Crippen molar-refractivity contribution in [2.24, 2.45) is 11.7 Å². The number of nitrogens with zero attached hydrogens (tertiary/aromatic N) is 3. The normalized spacial score (nSPS) is 19.2. The molecule has 2 N–H and O–H groups in total. The molecule has 5 nitrogen and oxygen atoms in total. The quantitative estimate of drug-likeness (QED) is 0.912. The first kappa shape index (κ1) is 13.3. The van der Waals surface area contributed by atoms with Crippen LogP contribution < -0.4 is 10.6 Å². The SMILES string of the molecule is NC(=O)[C@@H]1CCCN(c2ccnc3cc(Br)cnc23)C1. The molecule has 0 bridgehead atoms. The van der Waals surface area contributed by atoms with Crippen LogP contribution in [0.3, 0.4) is 0 Å². The fourth-order valence-corrected chi connectivity index (χ4v) is 2.99. The van der Waals surface area contributed by atoms with Crippen LogP contribution in [0.25, 0.3) is 11.0 Å². The van der Waals surface area contributed by atoms with Crippen LogP contribution in [0.5, 0.6) is 0 Å². The number of hydrogen-bond acceptors (Lipinski definition) is 4. The van der Waals surface area contributed by atoms with Gasteiger partial charge >= 0.3 is 0 Å². The zero-order valence-corrected chi connectivity index (χ0v) is 12.5. The third-order valence-corrected chi connectivity index (χ3v) is 4.12. The maximum atomic E-state index is 11.4. The van der Waals surface area contributed by atoms with E-state index in [1.807, 2.05) is 12.1 Å². The molecule has 0 aromatic carbocycles. The highest BCUT2D eigenvalue weighted by Gasteiger charge is 2.25. The Labute approximate surface area is 125 Å². The molecule has 1 atom stereocenters. The Morgan fingerprint density at radius 1 is 1.45 bits per heavy atom. The second-order valence-corrected chi connectivity index (χ2v) is 5.95. The van der Waals surface area contributed by atoms with E-state index in [1.54, 1.807) is 12.4 Å². The molecule has 1 aliphatic heterocycles. The number of amides is 1. The minimum absolute atomic E-state index is 0.0811. The summed E-state index contributed by atoms with van der Waals surface area (Å²) in [7, 11) is 0. The van der Waals surface area contributed by atoms with Gasteiger partial charge in [-0.25, -0.2) is 0 Å². The average molecular weight is 335 g/mol. The van der Waals surface area contributed by atoms with E-state index >= 15 is 0 Å². The summed E-state index contributed by atoms with van der Waals surface area (Å²) in [6.45, 7) is 1.58. The predicted molar refractivity (Wildman–Crippen MR) is 81.4 cm³/mol. The van der Waals surface area contributed by atoms with Gasteiger partial charge in [-0.15, -0.1) is 0 Å². The van der Waals surface area contributed by atoms with Crippen LogP contribution in [-0.4, -0.2) is 29.0 Å². The van der Waals surface area contributed by atoms with E-state index in [-0.39, 0.29) is 11.8 Å². The van der Waals surface area contributed by atoms with E-state index in [4.69, 9.17) is 5.73 Å². The van der Waals surface area contributed by atoms with Crippen LogP contribution in [0.2, 0.25) is 0 Å². The minimum atomic E-state index is -0.219. The molecule has 2 aromatic heterocycles. The Balaban J connectivity index is 1.99. The van der Waals surface area contributed by atoms with Gasteiger partial charge in [-0.1, -0.05) is 0 Å². The molecular weight excluding hydrogens is 320 g/mol. The molecule has 2 aromatic rings. The Kier molecular flexibility index (Phi) is 3.56. The fourth-order valence-electron chi connectivity index (χ4n) is 2.67. The number of rotatable bonds is 2. The van der Waals surface area contributed by atoms with Gasteiger partial charge in [-0.3, -0.25) is 14.8 Å². The lowest BCUT2D eigenvalue weighted by Gasteiger charge is -2.33. The van der Waals surface area contributed by atoms with Gasteiger partial charge in [0.15, 0.2) is 0 Å². The van der Waals surface area contributed by atoms with Gasteiger partial charge < -0.3 is 10.6 Å². The number of anilines is 1. The van der Waals surface area contributed by atoms with Gasteiger partial charge in [0.2, 0.25) is 5.91 Å². The van der Waals surface area contributed by atoms with Crippen molar-refractivity contribution >= 4 is 38.6 Å². The van der Waals surface area contributed by atoms with Gasteiger partial charge in [0.05, 0.1) is 17.1 Å². The molecule has 1 amide bonds. The largest absolute Gasteiger partial charge is 0.369 e. The van der Waals surface area contributed by atoms with Crippen LogP contribution >= 0.6 is 15.9 Å². The number of carbonyl (C=O) groups is 1. The van der Waals surface area contributed by atoms with Gasteiger partial charge in [0.1, 0.15) is 5.52 Å². The van der Waals surface area contributed by atoms with Crippen LogP contribution in [-0.2, 0) is 4.79 Å². The number of aromatic nitrogens is 2. The van der Waals surface area contributed by atoms with E-state index in [9.17, 15) is 4.79 Å². The Morgan fingerprint density at radius 2 is 2.30 bits per heavy atom. The van der Waals surface area contributed by atoms with Crippen LogP contribution in [0.15, 0.2) is 29.0 Å². The maximum absolute atomic E-state index is 11.4. The first-order valence-corrected chi connectivity index (χ1v) is 7.39. The maximum Gasteiger partial charge on any atom is 0.222 e. The molecule has 3 heterocycles. The second-order valence-electron chi connectivity index (χ2n) is 5.04. The lowest BCUT2D eigenvalue weighted by Crippen LogP contribution is -2.41. The third-order valence-electron chi connectivity index (χ3n) is 3.69. The van der Waals surface area contributed by atoms with Crippen molar-refractivity contribution in [1.82, 2.24) is 9.97 Å². The highest BCUT2D eigenvalue weighted by molar-refractivity contribution is 9.10. The number of primary amides is 1. The first-order chi connectivity index (χ1) is 9.65. The molecule has 0 saturated carbocycles. The molecule has 3 rings (SSSR count). The van der Waals surface area contributed by atoms with Gasteiger partial charge in [-0.2, -0.15) is 0 Å². The molecule has 0 aliphatic carbocycles. The summed E-state index contributed by atoms with van der Waals surface area (Å²) in [6, 6.07) is 3.90. The molecule has 1 saturated heterocycles. The van der Waals surface area contributed by atoms with Crippen molar-refractivity contribution in [3.05, 3.63) is 29.0 Å². The van der Waals surface area contributed by atoms with Crippen molar-refractivity contribution in [1.29, 1.82) is 0 Å². The van der Waals surface area contributed by atoms with E-state index in [0.717, 1.165) is 40.6 Å². The molecule has 0 unspecified atom stereocenters. The Hall–Kier alpha value is -1.69. The van der Waals surface area contributed by atoms with Gasteiger partial charge in [-0.05, 0) is 40.9 Å². The van der Waals surface area contributed by atoms with Gasteiger partial charge in [0, 0.05) is 30.0 Å². The van der Waals surface area contributed by atoms with Gasteiger partial charge in [0.25, 0.3) is 0 Å². The number of fused-ring (bicyclic) bond motifs is 1. The highest BCUT2D eigenvalue weighted by atomic mass is 79.9. The smallest absolute Gasteiger partial charge is 0.222 e. The molecule has 104 valence electrons. The molecule has 6 heteroatoms. The second kappa shape index (κ2) is 5.36. The van der Waals surface area contributed by atoms with E-state index in [1.165, 1.54) is 0 Å². The van der Waals surface area contributed by atoms with E-state index in [0.29, 0.717) is 6.54 Å². The predicted octanol–water partition coefficient (Wildman–Crippen LogP) is 2.09. The molecule has 0 radical (unpaired) electrons. The standard InChI is InChI=1S/C14H15BrN4O/c15-10-6-11-13(18-7-10)12(3-4-17-11)19-5-1-2-9(8-19)14(16)20/h3-4,6-7,9H,1-2,5,8H2,(H2,16,20)/t9-/m1/s1. The zero-order valence-electron chi connectivity index (χ0n) is 10.9. The number of carbonyl (C=O) groups excluding carboxylic acids is 1. The topological polar surface area (TPSA) is 72.1 Å². The number of hydrogen-bond donors (Lipinski definition) is 1. The summed E-state index contributed by atoms with van der Waals surface area (Å²) in [4.78, 5) is 22.4. The molecule has 0 spiro atoms. The third kappa shape index (κ3) is 2.47. The highest BCUT2D eigenvalue weighted by Crippen LogP contribution is 2.29. The number of pyridine rings is 2. The van der Waals surface area contributed by atoms with Crippen molar-refractivity contribution in [2.75, 3.05) is 18.0 Å². The van der Waals surface area contributed by atoms with Crippen molar-refractivity contribution in [3.8, 4) is 0 Å². The number of halogens is 1. The molecule has 1 aliphatic rings. The number of piperidine rings is 1. The lowest BCUT2D eigenvalue weighted by molar-refractivity contribution is -0.122. The summed E-state index contributed by atoms with van der Waals surface area (Å²) >= 11 is 3.40. The lowest BCUT2D eigenvalue weighted by atomic mass is 9.97. The average Bonchev–Trinajstić information content (AvgIpc) is 2.46. The monoisotopic (exact) mass is 334 g/mol. The summed E-state index contributed by atoms with van der Waals surface area (Å²) in [5.74, 6) is -0.300. The summed E-state index contributed by atoms with van der Waals surface area (Å²) in [6.07, 6.45) is 5.38. The summed E-state index contributed by atoms with van der Waals surface area (Å²) < 4.78 is 0.906. The fraction of sp³-hybridized carbons (Fsp3) is 0.357. The first-order valence-electron chi connectivity index (χ1n) is 6.59. The molecular formula is C14H15BrN4O.